The van der Waals surface area contributed by atoms with Gasteiger partial charge < -0.3 is 0 Å². The molecule has 25 heavy (non-hydrogen) atoms. The fraction of sp³-hybridized carbons (Fsp3) is 0.400. The first-order chi connectivity index (χ1) is 12.2. The van der Waals surface area contributed by atoms with E-state index in [1.54, 1.807) is 12.3 Å². The second-order valence-corrected chi connectivity index (χ2v) is 7.75. The zero-order valence-electron chi connectivity index (χ0n) is 13.4. The van der Waals surface area contributed by atoms with Crippen molar-refractivity contribution in [2.45, 2.75) is 37.8 Å². The van der Waals surface area contributed by atoms with E-state index in [4.69, 9.17) is 0 Å². The van der Waals surface area contributed by atoms with E-state index in [9.17, 15) is 13.0 Å². The summed E-state index contributed by atoms with van der Waals surface area (Å²) in [5.41, 5.74) is 3.17. The van der Waals surface area contributed by atoms with E-state index in [1.807, 2.05) is 6.92 Å². The van der Waals surface area contributed by atoms with Gasteiger partial charge in [-0.25, -0.2) is 10.2 Å². The zero-order valence-corrected chi connectivity index (χ0v) is 15.0. The van der Waals surface area contributed by atoms with Crippen molar-refractivity contribution in [2.75, 3.05) is 3.71 Å². The number of allylic oxidation sites excluding steroid dienone is 2. The Kier molecular flexibility index (Phi) is 4.37. The van der Waals surface area contributed by atoms with Crippen molar-refractivity contribution in [3.05, 3.63) is 29.6 Å². The van der Waals surface area contributed by atoms with Crippen LogP contribution in [0.25, 0.3) is 11.2 Å². The fourth-order valence-electron chi connectivity index (χ4n) is 3.96. The van der Waals surface area contributed by atoms with Gasteiger partial charge in [-0.2, -0.15) is 13.3 Å². The Morgan fingerprint density at radius 3 is 2.88 bits per heavy atom. The summed E-state index contributed by atoms with van der Waals surface area (Å²) in [6.45, 7) is 1.94. The summed E-state index contributed by atoms with van der Waals surface area (Å²) in [6, 6.07) is 1.66. The molecule has 0 aromatic carbocycles. The molecule has 1 saturated heterocycles. The van der Waals surface area contributed by atoms with Gasteiger partial charge in [0.2, 0.25) is 0 Å². The molecule has 0 spiro atoms. The van der Waals surface area contributed by atoms with E-state index in [-0.39, 0.29) is 43.0 Å². The number of aromatic nitrogens is 3. The van der Waals surface area contributed by atoms with E-state index in [0.717, 1.165) is 34.1 Å². The summed E-state index contributed by atoms with van der Waals surface area (Å²) in [7, 11) is 0. The number of halogens is 2. The standard InChI is InChI=1S/C15H14BF2N5S2/c1-9-7-20-22-14(23(24-17)25-18)6-13(21-15(9)22)10-4-11-2-3-12(5-10)16(11)8-19/h4,6-7,11-12H,2-3,5H2,1H3. The highest BCUT2D eigenvalue weighted by Gasteiger charge is 2.43. The number of nitriles is 1. The molecule has 4 heterocycles. The summed E-state index contributed by atoms with van der Waals surface area (Å²) < 4.78 is 28.6. The molecule has 2 aliphatic heterocycles. The Hall–Kier alpha value is -1.73. The summed E-state index contributed by atoms with van der Waals surface area (Å²) in [4.78, 5) is 4.68. The number of rotatable bonds is 4. The molecule has 2 atom stereocenters. The molecule has 10 heteroatoms. The Labute approximate surface area is 153 Å². The van der Waals surface area contributed by atoms with Crippen LogP contribution in [0.15, 0.2) is 18.3 Å². The van der Waals surface area contributed by atoms with E-state index in [2.05, 4.69) is 22.1 Å². The van der Waals surface area contributed by atoms with Crippen LogP contribution >= 0.6 is 24.7 Å². The van der Waals surface area contributed by atoms with Gasteiger partial charge in [0.25, 0.3) is 6.71 Å². The highest BCUT2D eigenvalue weighted by molar-refractivity contribution is 8.13. The molecule has 0 amide bonds. The molecule has 1 fully saturated rings. The lowest BCUT2D eigenvalue weighted by Gasteiger charge is -2.22. The quantitative estimate of drug-likeness (QED) is 0.564. The predicted octanol–water partition coefficient (Wildman–Crippen LogP) is 4.79. The lowest BCUT2D eigenvalue weighted by Crippen LogP contribution is -2.21. The number of hydrogen-bond acceptors (Lipinski definition) is 6. The number of fused-ring (bicyclic) bond motifs is 3. The molecule has 4 rings (SSSR count). The third kappa shape index (κ3) is 2.70. The first-order valence-electron chi connectivity index (χ1n) is 8.00. The molecule has 2 aromatic heterocycles. The van der Waals surface area contributed by atoms with Gasteiger partial charge in [-0.1, -0.05) is 18.9 Å². The van der Waals surface area contributed by atoms with Crippen LogP contribution in [0.1, 0.15) is 30.5 Å². The van der Waals surface area contributed by atoms with Crippen molar-refractivity contribution in [3.63, 3.8) is 0 Å². The highest BCUT2D eigenvalue weighted by Crippen LogP contribution is 2.50. The van der Waals surface area contributed by atoms with Gasteiger partial charge in [-0.3, -0.25) is 0 Å². The van der Waals surface area contributed by atoms with Crippen molar-refractivity contribution in [1.29, 1.82) is 5.26 Å². The number of aryl methyl sites for hydroxylation is 1. The van der Waals surface area contributed by atoms with E-state index >= 15 is 0 Å². The molecule has 0 saturated carbocycles. The molecule has 0 aliphatic carbocycles. The van der Waals surface area contributed by atoms with Gasteiger partial charge in [-0.15, -0.1) is 7.77 Å². The normalized spacial score (nSPS) is 22.2. The first kappa shape index (κ1) is 16.7. The monoisotopic (exact) mass is 377 g/mol. The second kappa shape index (κ2) is 6.54. The molecule has 128 valence electrons. The Bertz CT molecular complexity index is 892. The lowest BCUT2D eigenvalue weighted by atomic mass is 9.36. The van der Waals surface area contributed by atoms with Gasteiger partial charge in [0.15, 0.2) is 36.1 Å². The average molecular weight is 377 g/mol. The Morgan fingerprint density at radius 1 is 1.40 bits per heavy atom. The predicted molar refractivity (Wildman–Crippen MR) is 98.3 cm³/mol. The van der Waals surface area contributed by atoms with Gasteiger partial charge >= 0.3 is 0 Å². The van der Waals surface area contributed by atoms with Crippen LogP contribution in [0.2, 0.25) is 11.6 Å². The third-order valence-electron chi connectivity index (χ3n) is 5.16. The summed E-state index contributed by atoms with van der Waals surface area (Å²) >= 11 is -0.420. The van der Waals surface area contributed by atoms with Crippen molar-refractivity contribution >= 4 is 48.4 Å². The van der Waals surface area contributed by atoms with Crippen molar-refractivity contribution in [2.24, 2.45) is 0 Å². The largest absolute Gasteiger partial charge is 0.278 e. The molecular weight excluding hydrogens is 363 g/mol. The van der Waals surface area contributed by atoms with Crippen LogP contribution in [-0.2, 0) is 0 Å². The molecule has 5 nitrogen and oxygen atoms in total. The fourth-order valence-corrected chi connectivity index (χ4v) is 4.45. The second-order valence-electron chi connectivity index (χ2n) is 6.51. The molecule has 0 radical (unpaired) electrons. The van der Waals surface area contributed by atoms with E-state index < -0.39 is 0 Å². The van der Waals surface area contributed by atoms with Crippen LogP contribution in [0.4, 0.5) is 13.6 Å². The van der Waals surface area contributed by atoms with Crippen LogP contribution < -0.4 is 3.71 Å². The summed E-state index contributed by atoms with van der Waals surface area (Å²) in [5, 5.41) is 13.5. The van der Waals surface area contributed by atoms with Crippen LogP contribution in [0.3, 0.4) is 0 Å². The maximum Gasteiger partial charge on any atom is 0.278 e. The molecular formula is C15H14BF2N5S2. The van der Waals surface area contributed by atoms with Crippen LogP contribution in [-0.4, -0.2) is 21.3 Å². The maximum atomic E-state index is 13.2. The van der Waals surface area contributed by atoms with Gasteiger partial charge in [-0.05, 0) is 30.6 Å². The van der Waals surface area contributed by atoms with Crippen molar-refractivity contribution in [1.82, 2.24) is 14.6 Å². The molecule has 2 aromatic rings. The number of anilines is 1. The summed E-state index contributed by atoms with van der Waals surface area (Å²) in [5.74, 6) is 3.29. The third-order valence-corrected chi connectivity index (χ3v) is 6.12. The minimum Gasteiger partial charge on any atom is -0.228 e. The van der Waals surface area contributed by atoms with Crippen LogP contribution in [0, 0.1) is 18.2 Å². The smallest absolute Gasteiger partial charge is 0.228 e. The van der Waals surface area contributed by atoms with Crippen molar-refractivity contribution in [3.8, 4) is 5.97 Å². The Balaban J connectivity index is 1.83. The topological polar surface area (TPSA) is 57.2 Å². The average Bonchev–Trinajstić information content (AvgIpc) is 3.12. The van der Waals surface area contributed by atoms with Gasteiger partial charge in [0, 0.05) is 17.6 Å². The molecule has 2 bridgehead atoms. The SMILES string of the molecule is Cc1cnn2c(N(SF)SF)cc(C3=CC4CCC(C3)B4C#N)nc12. The first-order valence-corrected chi connectivity index (χ1v) is 9.34. The van der Waals surface area contributed by atoms with Crippen molar-refractivity contribution < 1.29 is 7.77 Å². The molecule has 2 aliphatic rings. The van der Waals surface area contributed by atoms with E-state index in [1.165, 1.54) is 4.52 Å². The molecule has 0 N–H and O–H groups in total. The minimum absolute atomic E-state index is 0.0722. The van der Waals surface area contributed by atoms with Crippen LogP contribution in [0.5, 0.6) is 0 Å². The van der Waals surface area contributed by atoms with E-state index in [0.29, 0.717) is 17.2 Å². The van der Waals surface area contributed by atoms with Gasteiger partial charge in [0.1, 0.15) is 0 Å². The maximum absolute atomic E-state index is 13.2. The summed E-state index contributed by atoms with van der Waals surface area (Å²) in [6.07, 6.45) is 6.58. The highest BCUT2D eigenvalue weighted by atomic mass is 32.3. The van der Waals surface area contributed by atoms with Gasteiger partial charge in [0.05, 0.1) is 11.9 Å². The minimum atomic E-state index is -0.210. The molecule has 2 unspecified atom stereocenters. The number of hydrogen-bond donors (Lipinski definition) is 0. The zero-order chi connectivity index (χ0) is 17.6. The lowest BCUT2D eigenvalue weighted by molar-refractivity contribution is 0.773. The number of nitrogens with zero attached hydrogens (tertiary/aromatic N) is 5. The Morgan fingerprint density at radius 2 is 2.20 bits per heavy atom.